The molecule has 0 radical (unpaired) electrons. The number of nitro groups is 1. The second-order valence-electron chi connectivity index (χ2n) is 3.56. The molecule has 0 aromatic carbocycles. The molecule has 2 aromatic rings. The zero-order valence-corrected chi connectivity index (χ0v) is 10.7. The predicted molar refractivity (Wildman–Crippen MR) is 70.7 cm³/mol. The molecule has 0 bridgehead atoms. The summed E-state index contributed by atoms with van der Waals surface area (Å²) in [6.45, 7) is 1.59. The van der Waals surface area contributed by atoms with E-state index in [2.05, 4.69) is 22.1 Å². The maximum absolute atomic E-state index is 10.5. The lowest BCUT2D eigenvalue weighted by atomic mass is 10.2. The van der Waals surface area contributed by atoms with Crippen LogP contribution in [0.25, 0.3) is 0 Å². The van der Waals surface area contributed by atoms with Gasteiger partial charge in [0.15, 0.2) is 0 Å². The summed E-state index contributed by atoms with van der Waals surface area (Å²) in [5.74, 6) is 0. The van der Waals surface area contributed by atoms with Crippen molar-refractivity contribution in [3.8, 4) is 0 Å². The summed E-state index contributed by atoms with van der Waals surface area (Å²) < 4.78 is 0. The molecule has 2 rings (SSSR count). The first-order chi connectivity index (χ1) is 8.25. The minimum Gasteiger partial charge on any atom is -0.312 e. The van der Waals surface area contributed by atoms with Crippen LogP contribution in [0.3, 0.4) is 0 Å². The van der Waals surface area contributed by atoms with Gasteiger partial charge in [-0.2, -0.15) is 11.3 Å². The fraction of sp³-hybridized carbons (Fsp3) is 0.273. The molecule has 0 aliphatic heterocycles. The van der Waals surface area contributed by atoms with Crippen molar-refractivity contribution in [3.05, 3.63) is 49.5 Å². The molecule has 0 unspecified atom stereocenters. The molecule has 0 saturated carbocycles. The van der Waals surface area contributed by atoms with Crippen molar-refractivity contribution in [2.45, 2.75) is 13.0 Å². The number of thiophene rings is 2. The molecule has 4 nitrogen and oxygen atoms in total. The van der Waals surface area contributed by atoms with Gasteiger partial charge in [-0.05, 0) is 41.4 Å². The van der Waals surface area contributed by atoms with Crippen molar-refractivity contribution in [3.63, 3.8) is 0 Å². The van der Waals surface area contributed by atoms with Gasteiger partial charge < -0.3 is 5.32 Å². The fourth-order valence-corrected chi connectivity index (χ4v) is 2.93. The average molecular weight is 268 g/mol. The molecule has 2 aromatic heterocycles. The minimum atomic E-state index is -0.348. The maximum Gasteiger partial charge on any atom is 0.324 e. The van der Waals surface area contributed by atoms with Crippen LogP contribution in [0.2, 0.25) is 0 Å². The second-order valence-corrected chi connectivity index (χ2v) is 5.48. The molecule has 1 N–H and O–H groups in total. The van der Waals surface area contributed by atoms with E-state index in [1.165, 1.54) is 16.9 Å². The molecule has 0 aliphatic carbocycles. The van der Waals surface area contributed by atoms with Crippen molar-refractivity contribution >= 4 is 27.7 Å². The number of hydrogen-bond donors (Lipinski definition) is 1. The van der Waals surface area contributed by atoms with Gasteiger partial charge >= 0.3 is 5.00 Å². The van der Waals surface area contributed by atoms with Gasteiger partial charge in [-0.3, -0.25) is 10.1 Å². The Morgan fingerprint density at radius 2 is 2.24 bits per heavy atom. The van der Waals surface area contributed by atoms with Gasteiger partial charge in [-0.1, -0.05) is 11.3 Å². The van der Waals surface area contributed by atoms with Crippen LogP contribution in [0.4, 0.5) is 5.00 Å². The van der Waals surface area contributed by atoms with Crippen LogP contribution in [0.1, 0.15) is 10.4 Å². The third-order valence-electron chi connectivity index (χ3n) is 2.30. The Kier molecular flexibility index (Phi) is 4.24. The van der Waals surface area contributed by atoms with E-state index in [0.717, 1.165) is 17.8 Å². The number of nitrogens with zero attached hydrogens (tertiary/aromatic N) is 1. The van der Waals surface area contributed by atoms with Crippen molar-refractivity contribution in [2.75, 3.05) is 6.54 Å². The lowest BCUT2D eigenvalue weighted by Gasteiger charge is -2.00. The Balaban J connectivity index is 1.72. The van der Waals surface area contributed by atoms with Crippen LogP contribution in [-0.2, 0) is 13.0 Å². The van der Waals surface area contributed by atoms with E-state index < -0.39 is 0 Å². The van der Waals surface area contributed by atoms with Crippen molar-refractivity contribution in [1.82, 2.24) is 5.32 Å². The molecular weight excluding hydrogens is 256 g/mol. The SMILES string of the molecule is O=[N+]([O-])c1ccc(CNCCc2ccsc2)s1. The Hall–Kier alpha value is -1.24. The Morgan fingerprint density at radius 1 is 1.35 bits per heavy atom. The molecule has 17 heavy (non-hydrogen) atoms. The molecule has 0 amide bonds. The lowest BCUT2D eigenvalue weighted by molar-refractivity contribution is -0.380. The summed E-state index contributed by atoms with van der Waals surface area (Å²) in [7, 11) is 0. The quantitative estimate of drug-likeness (QED) is 0.497. The number of hydrogen-bond acceptors (Lipinski definition) is 5. The molecule has 6 heteroatoms. The molecule has 2 heterocycles. The zero-order valence-electron chi connectivity index (χ0n) is 9.09. The van der Waals surface area contributed by atoms with E-state index in [1.54, 1.807) is 23.5 Å². The highest BCUT2D eigenvalue weighted by atomic mass is 32.1. The first-order valence-corrected chi connectivity index (χ1v) is 6.96. The third-order valence-corrected chi connectivity index (χ3v) is 4.07. The second kappa shape index (κ2) is 5.90. The normalized spacial score (nSPS) is 10.6. The van der Waals surface area contributed by atoms with Crippen LogP contribution in [-0.4, -0.2) is 11.5 Å². The van der Waals surface area contributed by atoms with Crippen LogP contribution >= 0.6 is 22.7 Å². The highest BCUT2D eigenvalue weighted by Crippen LogP contribution is 2.23. The van der Waals surface area contributed by atoms with Gasteiger partial charge in [0.1, 0.15) is 0 Å². The Bertz CT molecular complexity index is 479. The van der Waals surface area contributed by atoms with Crippen LogP contribution in [0, 0.1) is 10.1 Å². The van der Waals surface area contributed by atoms with Gasteiger partial charge in [0.05, 0.1) is 4.92 Å². The maximum atomic E-state index is 10.5. The summed E-state index contributed by atoms with van der Waals surface area (Å²) in [4.78, 5) is 11.2. The van der Waals surface area contributed by atoms with Crippen molar-refractivity contribution in [1.29, 1.82) is 0 Å². The van der Waals surface area contributed by atoms with Gasteiger partial charge in [-0.25, -0.2) is 0 Å². The van der Waals surface area contributed by atoms with Crippen LogP contribution in [0.15, 0.2) is 29.0 Å². The fourth-order valence-electron chi connectivity index (χ4n) is 1.44. The van der Waals surface area contributed by atoms with Crippen LogP contribution in [0.5, 0.6) is 0 Å². The molecule has 0 aliphatic rings. The zero-order chi connectivity index (χ0) is 12.1. The highest BCUT2D eigenvalue weighted by Gasteiger charge is 2.08. The molecule has 90 valence electrons. The minimum absolute atomic E-state index is 0.208. The van der Waals surface area contributed by atoms with Gasteiger partial charge in [-0.15, -0.1) is 0 Å². The molecule has 0 saturated heterocycles. The van der Waals surface area contributed by atoms with E-state index in [-0.39, 0.29) is 9.92 Å². The van der Waals surface area contributed by atoms with E-state index in [9.17, 15) is 10.1 Å². The van der Waals surface area contributed by atoms with E-state index in [4.69, 9.17) is 0 Å². The van der Waals surface area contributed by atoms with Crippen molar-refractivity contribution < 1.29 is 4.92 Å². The molecule has 0 fully saturated rings. The largest absolute Gasteiger partial charge is 0.324 e. The predicted octanol–water partition coefficient (Wildman–Crippen LogP) is 3.05. The van der Waals surface area contributed by atoms with Gasteiger partial charge in [0, 0.05) is 17.5 Å². The topological polar surface area (TPSA) is 55.2 Å². The lowest BCUT2D eigenvalue weighted by Crippen LogP contribution is -2.15. The molecule has 0 spiro atoms. The summed E-state index contributed by atoms with van der Waals surface area (Å²) >= 11 is 2.93. The highest BCUT2D eigenvalue weighted by molar-refractivity contribution is 7.15. The Morgan fingerprint density at radius 3 is 2.88 bits per heavy atom. The monoisotopic (exact) mass is 268 g/mol. The van der Waals surface area contributed by atoms with Gasteiger partial charge in [0.25, 0.3) is 0 Å². The third kappa shape index (κ3) is 3.62. The summed E-state index contributed by atoms with van der Waals surface area (Å²) in [6.07, 6.45) is 0.997. The average Bonchev–Trinajstić information content (AvgIpc) is 2.96. The number of rotatable bonds is 6. The standard InChI is InChI=1S/C11H12N2O2S2/c14-13(15)11-2-1-10(17-11)7-12-5-3-9-4-6-16-8-9/h1-2,4,6,8,12H,3,5,7H2. The molecule has 0 atom stereocenters. The van der Waals surface area contributed by atoms with Gasteiger partial charge in [0.2, 0.25) is 0 Å². The van der Waals surface area contributed by atoms with Crippen molar-refractivity contribution in [2.24, 2.45) is 0 Å². The summed E-state index contributed by atoms with van der Waals surface area (Å²) in [5.41, 5.74) is 1.33. The van der Waals surface area contributed by atoms with E-state index in [0.29, 0.717) is 6.54 Å². The first-order valence-electron chi connectivity index (χ1n) is 5.20. The first kappa shape index (κ1) is 12.2. The van der Waals surface area contributed by atoms with E-state index >= 15 is 0 Å². The summed E-state index contributed by atoms with van der Waals surface area (Å²) in [5, 5.41) is 18.2. The van der Waals surface area contributed by atoms with Crippen LogP contribution < -0.4 is 5.32 Å². The summed E-state index contributed by atoms with van der Waals surface area (Å²) in [6, 6.07) is 5.48. The van der Waals surface area contributed by atoms with E-state index in [1.807, 2.05) is 0 Å². The number of nitrogens with one attached hydrogen (secondary N) is 1. The Labute approximate surface area is 107 Å². The molecular formula is C11H12N2O2S2. The smallest absolute Gasteiger partial charge is 0.312 e.